The minimum atomic E-state index is -5.41. The van der Waals surface area contributed by atoms with Gasteiger partial charge in [-0.2, -0.15) is 13.2 Å². The van der Waals surface area contributed by atoms with Crippen molar-refractivity contribution in [3.63, 3.8) is 0 Å². The van der Waals surface area contributed by atoms with Gasteiger partial charge in [-0.25, -0.2) is 0 Å². The lowest BCUT2D eigenvalue weighted by Gasteiger charge is -2.41. The number of rotatable bonds is 5. The van der Waals surface area contributed by atoms with E-state index in [9.17, 15) is 27.5 Å². The molecule has 0 fully saturated rings. The molecular weight excluding hydrogens is 236 g/mol. The highest BCUT2D eigenvalue weighted by atomic mass is 31.2. The highest BCUT2D eigenvalue weighted by Gasteiger charge is 2.41. The Morgan fingerprint density at radius 1 is 1.20 bits per heavy atom. The van der Waals surface area contributed by atoms with Crippen LogP contribution in [0.25, 0.3) is 0 Å². The summed E-state index contributed by atoms with van der Waals surface area (Å²) in [5, 5.41) is 0. The first-order valence-electron chi connectivity index (χ1n) is 4.33. The van der Waals surface area contributed by atoms with Crippen molar-refractivity contribution < 1.29 is 32.0 Å². The third-order valence-electron chi connectivity index (χ3n) is 2.12. The maximum absolute atomic E-state index is 12.1. The molecule has 4 nitrogen and oxygen atoms in total. The van der Waals surface area contributed by atoms with Gasteiger partial charge in [0.25, 0.3) is 0 Å². The molecule has 92 valence electrons. The van der Waals surface area contributed by atoms with E-state index in [0.717, 1.165) is 0 Å². The first kappa shape index (κ1) is 14.9. The average Bonchev–Trinajstić information content (AvgIpc) is 1.98. The Morgan fingerprint density at radius 3 is 1.80 bits per heavy atom. The molecule has 0 rings (SSSR count). The maximum Gasteiger partial charge on any atom is 0.391 e. The van der Waals surface area contributed by atoms with Crippen molar-refractivity contribution in [2.45, 2.75) is 44.9 Å². The fourth-order valence-corrected chi connectivity index (χ4v) is 2.06. The summed E-state index contributed by atoms with van der Waals surface area (Å²) in [4.78, 5) is 20.7. The molecule has 0 amide bonds. The molecule has 0 aliphatic carbocycles. The van der Waals surface area contributed by atoms with Gasteiger partial charge in [-0.1, -0.05) is 13.8 Å². The van der Waals surface area contributed by atoms with Crippen LogP contribution in [0.5, 0.6) is 0 Å². The molecule has 15 heavy (non-hydrogen) atoms. The number of phosphoric ester groups is 1. The topological polar surface area (TPSA) is 72.4 Å². The Balaban J connectivity index is 4.81. The van der Waals surface area contributed by atoms with Gasteiger partial charge in [0.05, 0.1) is 19.8 Å². The number of halogens is 3. The molecule has 8 heteroatoms. The molecule has 0 bridgehead atoms. The number of phosphoric acid groups is 1. The van der Waals surface area contributed by atoms with E-state index in [2.05, 4.69) is 4.52 Å². The van der Waals surface area contributed by atoms with Crippen LogP contribution in [0.3, 0.4) is 0 Å². The third kappa shape index (κ3) is 6.14. The molecule has 0 N–H and O–H groups in total. The zero-order valence-corrected chi connectivity index (χ0v) is 9.23. The van der Waals surface area contributed by atoms with Crippen molar-refractivity contribution >= 4 is 7.82 Å². The second-order valence-corrected chi connectivity index (χ2v) is 4.30. The normalized spacial score (nSPS) is 14.3. The molecule has 0 saturated heterocycles. The molecule has 0 saturated carbocycles. The quantitative estimate of drug-likeness (QED) is 0.688. The second-order valence-electron chi connectivity index (χ2n) is 3.22. The van der Waals surface area contributed by atoms with E-state index in [0.29, 0.717) is 0 Å². The van der Waals surface area contributed by atoms with Gasteiger partial charge in [0, 0.05) is 0 Å². The van der Waals surface area contributed by atoms with Gasteiger partial charge in [0.2, 0.25) is 0 Å². The summed E-state index contributed by atoms with van der Waals surface area (Å²) in [7, 11) is -5.41. The van der Waals surface area contributed by atoms with E-state index in [-0.39, 0.29) is 12.8 Å². The third-order valence-corrected chi connectivity index (χ3v) is 2.73. The van der Waals surface area contributed by atoms with Gasteiger partial charge in [0.1, 0.15) is 0 Å². The van der Waals surface area contributed by atoms with Crippen LogP contribution in [0.15, 0.2) is 0 Å². The summed E-state index contributed by atoms with van der Waals surface area (Å²) >= 11 is 0. The minimum absolute atomic E-state index is 0.197. The minimum Gasteiger partial charge on any atom is -0.790 e. The van der Waals surface area contributed by atoms with Crippen LogP contribution in [-0.2, 0) is 9.09 Å². The maximum atomic E-state index is 12.1. The first-order chi connectivity index (χ1) is 6.54. The predicted molar refractivity (Wildman–Crippen MR) is 42.7 cm³/mol. The molecule has 0 aromatic heterocycles. The van der Waals surface area contributed by atoms with Crippen LogP contribution in [0.2, 0.25) is 0 Å². The van der Waals surface area contributed by atoms with Gasteiger partial charge in [-0.3, -0.25) is 0 Å². The molecular formula is C7H12F3O4P-2. The summed E-state index contributed by atoms with van der Waals surface area (Å²) in [5.41, 5.74) is -1.96. The second kappa shape index (κ2) is 4.82. The van der Waals surface area contributed by atoms with Crippen molar-refractivity contribution in [1.29, 1.82) is 0 Å². The molecule has 0 aromatic carbocycles. The lowest BCUT2D eigenvalue weighted by atomic mass is 9.93. The van der Waals surface area contributed by atoms with Crippen molar-refractivity contribution in [1.82, 2.24) is 0 Å². The monoisotopic (exact) mass is 248 g/mol. The van der Waals surface area contributed by atoms with Gasteiger partial charge in [-0.15, -0.1) is 0 Å². The van der Waals surface area contributed by atoms with Crippen molar-refractivity contribution in [2.24, 2.45) is 0 Å². The molecule has 0 unspecified atom stereocenters. The fourth-order valence-electron chi connectivity index (χ4n) is 1.26. The SMILES string of the molecule is CCC(CC)(CC(F)(F)F)OP(=O)([O-])[O-]. The van der Waals surface area contributed by atoms with E-state index in [4.69, 9.17) is 0 Å². The van der Waals surface area contributed by atoms with Crippen LogP contribution in [0.4, 0.5) is 13.2 Å². The van der Waals surface area contributed by atoms with E-state index < -0.39 is 26.0 Å². The Labute approximate surface area is 85.7 Å². The summed E-state index contributed by atoms with van der Waals surface area (Å²) in [6.45, 7) is 2.68. The lowest BCUT2D eigenvalue weighted by Crippen LogP contribution is -2.38. The summed E-state index contributed by atoms with van der Waals surface area (Å²) in [5.74, 6) is 0. The van der Waals surface area contributed by atoms with E-state index in [1.807, 2.05) is 0 Å². The zero-order valence-electron chi connectivity index (χ0n) is 8.34. The first-order valence-corrected chi connectivity index (χ1v) is 5.79. The van der Waals surface area contributed by atoms with Crippen LogP contribution >= 0.6 is 7.82 Å². The van der Waals surface area contributed by atoms with E-state index >= 15 is 0 Å². The summed E-state index contributed by atoms with van der Waals surface area (Å²) < 4.78 is 50.7. The van der Waals surface area contributed by atoms with Crippen molar-refractivity contribution in [2.75, 3.05) is 0 Å². The predicted octanol–water partition coefficient (Wildman–Crippen LogP) is 1.34. The largest absolute Gasteiger partial charge is 0.790 e. The van der Waals surface area contributed by atoms with Gasteiger partial charge < -0.3 is 18.9 Å². The number of hydrogen-bond acceptors (Lipinski definition) is 4. The lowest BCUT2D eigenvalue weighted by molar-refractivity contribution is -0.352. The molecule has 0 atom stereocenters. The van der Waals surface area contributed by atoms with Crippen molar-refractivity contribution in [3.05, 3.63) is 0 Å². The molecule has 0 heterocycles. The highest BCUT2D eigenvalue weighted by molar-refractivity contribution is 7.43. The standard InChI is InChI=1S/C7H14F3O4P/c1-3-6(4-2,5-7(8,9)10)14-15(11,12)13/h3-5H2,1-2H3,(H2,11,12,13)/p-2. The van der Waals surface area contributed by atoms with E-state index in [1.54, 1.807) is 0 Å². The molecule has 0 aliphatic rings. The Hall–Kier alpha value is -0.100. The summed E-state index contributed by atoms with van der Waals surface area (Å²) in [6, 6.07) is 0. The van der Waals surface area contributed by atoms with Gasteiger partial charge in [-0.05, 0) is 12.8 Å². The molecule has 0 aliphatic heterocycles. The van der Waals surface area contributed by atoms with Crippen molar-refractivity contribution in [3.8, 4) is 0 Å². The summed E-state index contributed by atoms with van der Waals surface area (Å²) in [6.07, 6.45) is -6.41. The Kier molecular flexibility index (Phi) is 4.79. The Bertz CT molecular complexity index is 243. The fraction of sp³-hybridized carbons (Fsp3) is 1.00. The van der Waals surface area contributed by atoms with Crippen LogP contribution < -0.4 is 9.79 Å². The number of hydrogen-bond donors (Lipinski definition) is 0. The molecule has 0 radical (unpaired) electrons. The zero-order chi connectivity index (χ0) is 12.3. The average molecular weight is 248 g/mol. The molecule has 0 spiro atoms. The van der Waals surface area contributed by atoms with Gasteiger partial charge in [0.15, 0.2) is 0 Å². The Morgan fingerprint density at radius 2 is 1.60 bits per heavy atom. The number of alkyl halides is 3. The molecule has 0 aromatic rings. The van der Waals surface area contributed by atoms with Crippen LogP contribution in [0, 0.1) is 0 Å². The van der Waals surface area contributed by atoms with Crippen LogP contribution in [0.1, 0.15) is 33.1 Å². The van der Waals surface area contributed by atoms with E-state index in [1.165, 1.54) is 13.8 Å². The highest BCUT2D eigenvalue weighted by Crippen LogP contribution is 2.43. The van der Waals surface area contributed by atoms with Crippen LogP contribution in [-0.4, -0.2) is 11.8 Å². The van der Waals surface area contributed by atoms with Gasteiger partial charge >= 0.3 is 6.18 Å². The smallest absolute Gasteiger partial charge is 0.391 e.